The van der Waals surface area contributed by atoms with Crippen LogP contribution in [0.4, 0.5) is 24.9 Å². The Labute approximate surface area is 187 Å². The molecule has 3 aromatic rings. The summed E-state index contributed by atoms with van der Waals surface area (Å²) in [5.74, 6) is 0.197. The Morgan fingerprint density at radius 2 is 1.85 bits per heavy atom. The van der Waals surface area contributed by atoms with Crippen LogP contribution >= 0.6 is 0 Å². The molecule has 1 aromatic carbocycles. The Morgan fingerprint density at radius 3 is 2.52 bits per heavy atom. The van der Waals surface area contributed by atoms with Crippen LogP contribution in [0, 0.1) is 0 Å². The number of fused-ring (bicyclic) bond motifs is 1. The first kappa shape index (κ1) is 23.1. The number of pyridine rings is 1. The summed E-state index contributed by atoms with van der Waals surface area (Å²) in [6.45, 7) is 5.75. The van der Waals surface area contributed by atoms with Gasteiger partial charge >= 0.3 is 12.2 Å². The molecular formula is C21H24F3N5O4. The van der Waals surface area contributed by atoms with Gasteiger partial charge in [0.25, 0.3) is 5.89 Å². The minimum atomic E-state index is -4.45. The number of anilines is 2. The van der Waals surface area contributed by atoms with Gasteiger partial charge < -0.3 is 29.7 Å². The maximum atomic E-state index is 12.6. The van der Waals surface area contributed by atoms with Crippen LogP contribution in [0.1, 0.15) is 26.3 Å². The lowest BCUT2D eigenvalue weighted by Crippen LogP contribution is -2.20. The molecule has 0 saturated carbocycles. The summed E-state index contributed by atoms with van der Waals surface area (Å²) in [5.41, 5.74) is 7.59. The molecule has 3 N–H and O–H groups in total. The van der Waals surface area contributed by atoms with Gasteiger partial charge in [-0.25, -0.2) is 4.98 Å². The first-order chi connectivity index (χ1) is 15.5. The van der Waals surface area contributed by atoms with Gasteiger partial charge in [0.15, 0.2) is 12.9 Å². The van der Waals surface area contributed by atoms with E-state index in [1.807, 2.05) is 20.8 Å². The molecule has 33 heavy (non-hydrogen) atoms. The first-order valence-electron chi connectivity index (χ1n) is 10.2. The molecule has 0 radical (unpaired) electrons. The van der Waals surface area contributed by atoms with E-state index in [0.29, 0.717) is 47.6 Å². The van der Waals surface area contributed by atoms with Crippen LogP contribution in [0.5, 0.6) is 5.75 Å². The monoisotopic (exact) mass is 467 g/mol. The van der Waals surface area contributed by atoms with Gasteiger partial charge in [0.05, 0.1) is 25.3 Å². The molecule has 0 aliphatic carbocycles. The minimum absolute atomic E-state index is 0.0617. The molecule has 0 spiro atoms. The number of benzene rings is 1. The molecule has 0 unspecified atom stereocenters. The molecule has 9 nitrogen and oxygen atoms in total. The lowest BCUT2D eigenvalue weighted by molar-refractivity contribution is -0.153. The van der Waals surface area contributed by atoms with Crippen molar-refractivity contribution in [3.63, 3.8) is 0 Å². The van der Waals surface area contributed by atoms with Gasteiger partial charge in [0.2, 0.25) is 0 Å². The minimum Gasteiger partial charge on any atom is -0.484 e. The van der Waals surface area contributed by atoms with Crippen LogP contribution in [0.15, 0.2) is 22.6 Å². The van der Waals surface area contributed by atoms with Crippen molar-refractivity contribution < 1.29 is 31.8 Å². The third-order valence-electron chi connectivity index (χ3n) is 4.88. The number of alkyl halides is 3. The van der Waals surface area contributed by atoms with Crippen molar-refractivity contribution in [2.45, 2.75) is 38.7 Å². The van der Waals surface area contributed by atoms with E-state index in [1.165, 1.54) is 12.1 Å². The fourth-order valence-corrected chi connectivity index (χ4v) is 3.35. The highest BCUT2D eigenvalue weighted by Gasteiger charge is 2.29. The highest BCUT2D eigenvalue weighted by atomic mass is 19.4. The fraction of sp³-hybridized carbons (Fsp3) is 0.476. The average Bonchev–Trinajstić information content (AvgIpc) is 3.41. The Morgan fingerprint density at radius 1 is 1.12 bits per heavy atom. The van der Waals surface area contributed by atoms with Crippen molar-refractivity contribution >= 4 is 22.6 Å². The third-order valence-corrected chi connectivity index (χ3v) is 4.88. The van der Waals surface area contributed by atoms with Gasteiger partial charge in [0, 0.05) is 11.1 Å². The van der Waals surface area contributed by atoms with Gasteiger partial charge in [-0.15, -0.1) is 5.10 Å². The van der Waals surface area contributed by atoms with Crippen LogP contribution in [0.25, 0.3) is 22.5 Å². The molecular weight excluding hydrogens is 443 g/mol. The normalized spacial score (nSPS) is 15.3. The van der Waals surface area contributed by atoms with Crippen LogP contribution < -0.4 is 15.8 Å². The molecule has 1 saturated heterocycles. The molecule has 1 fully saturated rings. The van der Waals surface area contributed by atoms with E-state index in [4.69, 9.17) is 24.4 Å². The Balaban J connectivity index is 1.67. The molecule has 0 amide bonds. The Kier molecular flexibility index (Phi) is 6.06. The molecule has 12 heteroatoms. The van der Waals surface area contributed by atoms with E-state index in [2.05, 4.69) is 20.5 Å². The number of halogens is 3. The highest BCUT2D eigenvalue weighted by Crippen LogP contribution is 2.37. The van der Waals surface area contributed by atoms with E-state index in [-0.39, 0.29) is 17.7 Å². The van der Waals surface area contributed by atoms with Crippen molar-refractivity contribution in [2.75, 3.05) is 37.4 Å². The van der Waals surface area contributed by atoms with Crippen LogP contribution in [-0.2, 0) is 14.9 Å². The summed E-state index contributed by atoms with van der Waals surface area (Å²) in [5, 5.41) is 11.4. The van der Waals surface area contributed by atoms with Crippen molar-refractivity contribution in [3.8, 4) is 17.3 Å². The van der Waals surface area contributed by atoms with Crippen LogP contribution in [0.2, 0.25) is 0 Å². The fourth-order valence-electron chi connectivity index (χ4n) is 3.35. The van der Waals surface area contributed by atoms with E-state index in [9.17, 15) is 13.2 Å². The molecule has 4 rings (SSSR count). The Bertz CT molecular complexity index is 1140. The molecule has 2 aromatic heterocycles. The zero-order valence-corrected chi connectivity index (χ0v) is 18.3. The number of hydrogen-bond donors (Lipinski definition) is 2. The number of nitrogen functional groups attached to an aromatic ring is 1. The largest absolute Gasteiger partial charge is 0.484 e. The highest BCUT2D eigenvalue weighted by molar-refractivity contribution is 5.95. The molecule has 1 aliphatic rings. The predicted molar refractivity (Wildman–Crippen MR) is 114 cm³/mol. The number of ether oxygens (including phenoxy) is 3. The second-order valence-electron chi connectivity index (χ2n) is 8.58. The average molecular weight is 467 g/mol. The second kappa shape index (κ2) is 8.67. The number of nitrogens with one attached hydrogen (secondary N) is 1. The summed E-state index contributed by atoms with van der Waals surface area (Å²) < 4.78 is 59.3. The molecule has 3 heterocycles. The van der Waals surface area contributed by atoms with Crippen LogP contribution in [0.3, 0.4) is 0 Å². The van der Waals surface area contributed by atoms with Gasteiger partial charge in [-0.3, -0.25) is 0 Å². The molecule has 0 atom stereocenters. The number of nitrogens with two attached hydrogens (primary N) is 1. The SMILES string of the molecule is CC(C)(C)c1cc(OCC(F)(F)F)cc2c(N)cc(-c3nnc(NCC4OCCO4)o3)nc12. The number of aromatic nitrogens is 3. The van der Waals surface area contributed by atoms with Gasteiger partial charge in [0.1, 0.15) is 11.4 Å². The molecule has 0 bridgehead atoms. The summed E-state index contributed by atoms with van der Waals surface area (Å²) in [6, 6.07) is 4.69. The van der Waals surface area contributed by atoms with Gasteiger partial charge in [-0.05, 0) is 29.2 Å². The van der Waals surface area contributed by atoms with E-state index >= 15 is 0 Å². The zero-order valence-electron chi connectivity index (χ0n) is 18.3. The lowest BCUT2D eigenvalue weighted by Gasteiger charge is -2.23. The predicted octanol–water partition coefficient (Wildman–Crippen LogP) is 3.89. The van der Waals surface area contributed by atoms with E-state index < -0.39 is 24.5 Å². The topological polar surface area (TPSA) is 118 Å². The van der Waals surface area contributed by atoms with Crippen molar-refractivity contribution in [3.05, 3.63) is 23.8 Å². The smallest absolute Gasteiger partial charge is 0.422 e. The van der Waals surface area contributed by atoms with E-state index in [0.717, 1.165) is 0 Å². The van der Waals surface area contributed by atoms with Gasteiger partial charge in [-0.1, -0.05) is 25.9 Å². The van der Waals surface area contributed by atoms with Crippen molar-refractivity contribution in [1.82, 2.24) is 15.2 Å². The lowest BCUT2D eigenvalue weighted by atomic mass is 9.85. The van der Waals surface area contributed by atoms with Crippen LogP contribution in [-0.4, -0.2) is 54.0 Å². The number of hydrogen-bond acceptors (Lipinski definition) is 9. The summed E-state index contributed by atoms with van der Waals surface area (Å²) >= 11 is 0. The first-order valence-corrected chi connectivity index (χ1v) is 10.2. The summed E-state index contributed by atoms with van der Waals surface area (Å²) in [6.07, 6.45) is -4.84. The maximum Gasteiger partial charge on any atom is 0.422 e. The van der Waals surface area contributed by atoms with Crippen molar-refractivity contribution in [1.29, 1.82) is 0 Å². The summed E-state index contributed by atoms with van der Waals surface area (Å²) in [4.78, 5) is 4.64. The summed E-state index contributed by atoms with van der Waals surface area (Å²) in [7, 11) is 0. The number of nitrogens with zero attached hydrogens (tertiary/aromatic N) is 3. The number of rotatable bonds is 6. The molecule has 178 valence electrons. The van der Waals surface area contributed by atoms with Gasteiger partial charge in [-0.2, -0.15) is 13.2 Å². The molecule has 1 aliphatic heterocycles. The Hall–Kier alpha value is -3.12. The maximum absolute atomic E-state index is 12.6. The zero-order chi connectivity index (χ0) is 23.8. The standard InChI is InChI=1S/C21H24F3N5O4/c1-20(2,3)13-7-11(32-10-21(22,23)24)6-12-14(25)8-15(27-17(12)13)18-28-29-19(33-18)26-9-16-30-4-5-31-16/h6-8,16H,4-5,9-10H2,1-3H3,(H2,25,27)(H,26,29). The third kappa shape index (κ3) is 5.45. The second-order valence-corrected chi connectivity index (χ2v) is 8.58. The van der Waals surface area contributed by atoms with E-state index in [1.54, 1.807) is 6.07 Å². The van der Waals surface area contributed by atoms with Crippen molar-refractivity contribution in [2.24, 2.45) is 0 Å². The quantitative estimate of drug-likeness (QED) is 0.557.